The highest BCUT2D eigenvalue weighted by atomic mass is 32.2. The van der Waals surface area contributed by atoms with Gasteiger partial charge in [-0.1, -0.05) is 154 Å². The maximum absolute atomic E-state index is 15.2. The van der Waals surface area contributed by atoms with Gasteiger partial charge >= 0.3 is 0 Å². The number of hydrogen-bond acceptors (Lipinski definition) is 3. The van der Waals surface area contributed by atoms with Crippen LogP contribution < -0.4 is 4.41 Å². The lowest BCUT2D eigenvalue weighted by atomic mass is 10.0. The highest BCUT2D eigenvalue weighted by Crippen LogP contribution is 2.23. The van der Waals surface area contributed by atoms with E-state index in [1.54, 1.807) is 24.3 Å². The Morgan fingerprint density at radius 3 is 1.38 bits per heavy atom. The van der Waals surface area contributed by atoms with E-state index in [0.717, 1.165) is 42.9 Å². The summed E-state index contributed by atoms with van der Waals surface area (Å²) in [6, 6.07) is 8.66. The number of benzene rings is 1. The summed E-state index contributed by atoms with van der Waals surface area (Å²) in [6.07, 6.45) is 24.7. The molecule has 0 saturated heterocycles. The Labute approximate surface area is 229 Å². The topological polar surface area (TPSA) is 40.6 Å². The van der Waals surface area contributed by atoms with Crippen molar-refractivity contribution < 1.29 is 12.9 Å². The van der Waals surface area contributed by atoms with Gasteiger partial charge in [-0.05, 0) is 30.2 Å². The van der Waals surface area contributed by atoms with Crippen molar-refractivity contribution in [2.45, 2.75) is 149 Å². The van der Waals surface area contributed by atoms with E-state index in [9.17, 15) is 8.42 Å². The molecule has 4 nitrogen and oxygen atoms in total. The van der Waals surface area contributed by atoms with Gasteiger partial charge in [0.2, 0.25) is 0 Å². The third-order valence-electron chi connectivity index (χ3n) is 7.14. The van der Waals surface area contributed by atoms with Crippen molar-refractivity contribution in [2.24, 2.45) is 0 Å². The van der Waals surface area contributed by atoms with Crippen LogP contribution in [0.5, 0.6) is 0 Å². The van der Waals surface area contributed by atoms with Crippen molar-refractivity contribution in [3.8, 4) is 0 Å². The second kappa shape index (κ2) is 22.8. The van der Waals surface area contributed by atoms with Crippen LogP contribution in [-0.4, -0.2) is 25.9 Å². The number of hydrazine groups is 1. The zero-order valence-corrected chi connectivity index (χ0v) is 25.0. The summed E-state index contributed by atoms with van der Waals surface area (Å²) in [5.74, 6) is -0.0205. The molecule has 0 N–H and O–H groups in total. The third-order valence-corrected chi connectivity index (χ3v) is 8.86. The smallest absolute Gasteiger partial charge is 0.205 e. The minimum absolute atomic E-state index is 0.0205. The summed E-state index contributed by atoms with van der Waals surface area (Å²) in [6.45, 7) is 4.53. The van der Waals surface area contributed by atoms with Crippen LogP contribution in [0.15, 0.2) is 30.3 Å². The van der Waals surface area contributed by atoms with E-state index in [1.807, 2.05) is 6.07 Å². The fourth-order valence-corrected chi connectivity index (χ4v) is 6.37. The van der Waals surface area contributed by atoms with Crippen molar-refractivity contribution in [3.63, 3.8) is 0 Å². The summed E-state index contributed by atoms with van der Waals surface area (Å²) in [5, 5.41) is 0.421. The number of anilines is 1. The van der Waals surface area contributed by atoms with Crippen molar-refractivity contribution in [1.29, 1.82) is 0 Å². The molecule has 1 aromatic rings. The van der Waals surface area contributed by atoms with Gasteiger partial charge in [-0.15, -0.1) is 4.48 Å². The number of nitrogens with zero attached hydrogens (tertiary/aromatic N) is 2. The SMILES string of the molecule is CCCCCCCCCCCCCCCCCN(F)N(c1ccccc1)S(=O)(=O)CCCCCCCC. The first-order valence-corrected chi connectivity index (χ1v) is 17.1. The molecule has 0 aliphatic carbocycles. The molecular weight excluding hydrogens is 483 g/mol. The Morgan fingerprint density at radius 2 is 0.946 bits per heavy atom. The minimum atomic E-state index is -3.75. The Morgan fingerprint density at radius 1 is 0.568 bits per heavy atom. The molecule has 0 aromatic heterocycles. The fourth-order valence-electron chi connectivity index (χ4n) is 4.83. The maximum atomic E-state index is 15.2. The lowest BCUT2D eigenvalue weighted by molar-refractivity contribution is 0.0312. The molecule has 37 heavy (non-hydrogen) atoms. The molecule has 1 aromatic carbocycles. The first-order chi connectivity index (χ1) is 18.0. The highest BCUT2D eigenvalue weighted by Gasteiger charge is 2.28. The fraction of sp³-hybridized carbons (Fsp3) is 0.806. The zero-order chi connectivity index (χ0) is 27.0. The van der Waals surface area contributed by atoms with Gasteiger partial charge in [-0.2, -0.15) is 4.41 Å². The van der Waals surface area contributed by atoms with Crippen molar-refractivity contribution in [1.82, 2.24) is 5.23 Å². The average Bonchev–Trinajstić information content (AvgIpc) is 2.89. The summed E-state index contributed by atoms with van der Waals surface area (Å²) in [5.41, 5.74) is 0.372. The van der Waals surface area contributed by atoms with Crippen LogP contribution in [0.3, 0.4) is 0 Å². The Bertz CT molecular complexity index is 730. The lowest BCUT2D eigenvalue weighted by Gasteiger charge is -2.29. The molecule has 0 aliphatic rings. The standard InChI is InChI=1S/C31H57FN2O2S/c1-3-5-7-9-11-12-13-14-15-16-17-18-19-20-25-29-33(32)34(31-27-23-22-24-28-31)37(35,36)30-26-21-10-8-6-4-2/h22-24,27-28H,3-21,25-26,29-30H2,1-2H3. The predicted octanol–water partition coefficient (Wildman–Crippen LogP) is 10.2. The Balaban J connectivity index is 2.25. The molecule has 0 bridgehead atoms. The van der Waals surface area contributed by atoms with Gasteiger partial charge in [-0.25, -0.2) is 8.42 Å². The number of sulfonamides is 1. The van der Waals surface area contributed by atoms with E-state index >= 15 is 4.48 Å². The monoisotopic (exact) mass is 540 g/mol. The molecular formula is C31H57FN2O2S. The summed E-state index contributed by atoms with van der Waals surface area (Å²) in [7, 11) is -3.75. The summed E-state index contributed by atoms with van der Waals surface area (Å²) in [4.78, 5) is 0. The summed E-state index contributed by atoms with van der Waals surface area (Å²) < 4.78 is 42.2. The first-order valence-electron chi connectivity index (χ1n) is 15.5. The van der Waals surface area contributed by atoms with Crippen LogP contribution in [0.1, 0.15) is 149 Å². The predicted molar refractivity (Wildman–Crippen MR) is 159 cm³/mol. The average molecular weight is 541 g/mol. The number of para-hydroxylation sites is 1. The van der Waals surface area contributed by atoms with Gasteiger partial charge in [0.05, 0.1) is 18.0 Å². The van der Waals surface area contributed by atoms with Gasteiger partial charge in [-0.3, -0.25) is 0 Å². The normalized spacial score (nSPS) is 11.9. The van der Waals surface area contributed by atoms with E-state index in [-0.39, 0.29) is 12.3 Å². The summed E-state index contributed by atoms with van der Waals surface area (Å²) >= 11 is 0. The van der Waals surface area contributed by atoms with Crippen LogP contribution in [-0.2, 0) is 10.0 Å². The minimum Gasteiger partial charge on any atom is -0.205 e. The quantitative estimate of drug-likeness (QED) is 0.0666. The molecule has 0 fully saturated rings. The van der Waals surface area contributed by atoms with Gasteiger partial charge in [0.25, 0.3) is 10.0 Å². The largest absolute Gasteiger partial charge is 0.250 e. The number of rotatable bonds is 26. The van der Waals surface area contributed by atoms with E-state index < -0.39 is 10.0 Å². The third kappa shape index (κ3) is 17.1. The van der Waals surface area contributed by atoms with Crippen molar-refractivity contribution >= 4 is 15.7 Å². The maximum Gasteiger partial charge on any atom is 0.250 e. The van der Waals surface area contributed by atoms with Crippen LogP contribution in [0.4, 0.5) is 10.2 Å². The molecule has 0 atom stereocenters. The molecule has 0 spiro atoms. The zero-order valence-electron chi connectivity index (χ0n) is 24.1. The molecule has 0 aliphatic heterocycles. The molecule has 0 saturated carbocycles. The van der Waals surface area contributed by atoms with Crippen molar-refractivity contribution in [3.05, 3.63) is 30.3 Å². The molecule has 216 valence electrons. The Kier molecular flexibility index (Phi) is 20.9. The van der Waals surface area contributed by atoms with Crippen LogP contribution in [0, 0.1) is 0 Å². The number of halogens is 1. The molecule has 6 heteroatoms. The number of unbranched alkanes of at least 4 members (excludes halogenated alkanes) is 19. The van der Waals surface area contributed by atoms with Crippen molar-refractivity contribution in [2.75, 3.05) is 16.7 Å². The highest BCUT2D eigenvalue weighted by molar-refractivity contribution is 7.92. The molecule has 0 unspecified atom stereocenters. The first kappa shape index (κ1) is 33.9. The van der Waals surface area contributed by atoms with Crippen LogP contribution in [0.25, 0.3) is 0 Å². The van der Waals surface area contributed by atoms with Gasteiger partial charge in [0, 0.05) is 0 Å². The molecule has 0 amide bonds. The van der Waals surface area contributed by atoms with Gasteiger partial charge in [0.15, 0.2) is 0 Å². The van der Waals surface area contributed by atoms with E-state index in [4.69, 9.17) is 0 Å². The molecule has 1 rings (SSSR count). The number of hydrogen-bond donors (Lipinski definition) is 0. The van der Waals surface area contributed by atoms with Crippen LogP contribution in [0.2, 0.25) is 0 Å². The Hall–Kier alpha value is -1.14. The molecule has 0 heterocycles. The van der Waals surface area contributed by atoms with E-state index in [0.29, 0.717) is 23.8 Å². The van der Waals surface area contributed by atoms with Gasteiger partial charge in [0.1, 0.15) is 0 Å². The second-order valence-corrected chi connectivity index (χ2v) is 12.6. The van der Waals surface area contributed by atoms with Crippen LogP contribution >= 0.6 is 0 Å². The van der Waals surface area contributed by atoms with Gasteiger partial charge < -0.3 is 0 Å². The molecule has 0 radical (unpaired) electrons. The second-order valence-electron chi connectivity index (χ2n) is 10.7. The van der Waals surface area contributed by atoms with E-state index in [2.05, 4.69) is 13.8 Å². The van der Waals surface area contributed by atoms with E-state index in [1.165, 1.54) is 83.5 Å². The lowest BCUT2D eigenvalue weighted by Crippen LogP contribution is -2.43.